The summed E-state index contributed by atoms with van der Waals surface area (Å²) in [6.45, 7) is 3.54. The van der Waals surface area contributed by atoms with Gasteiger partial charge in [0.1, 0.15) is 6.10 Å². The summed E-state index contributed by atoms with van der Waals surface area (Å²) in [7, 11) is 0. The molecule has 2 rings (SSSR count). The van der Waals surface area contributed by atoms with Crippen LogP contribution >= 0.6 is 12.4 Å². The van der Waals surface area contributed by atoms with Gasteiger partial charge in [-0.25, -0.2) is 0 Å². The van der Waals surface area contributed by atoms with E-state index in [4.69, 9.17) is 10.5 Å². The van der Waals surface area contributed by atoms with E-state index < -0.39 is 12.0 Å². The Hall–Kier alpha value is -1.63. The molecule has 4 N–H and O–H groups in total. The highest BCUT2D eigenvalue weighted by Gasteiger charge is 2.21. The molecule has 0 spiro atoms. The Morgan fingerprint density at radius 1 is 1.45 bits per heavy atom. The lowest BCUT2D eigenvalue weighted by Gasteiger charge is -2.22. The Morgan fingerprint density at radius 2 is 2.20 bits per heavy atom. The SMILES string of the molecule is Cc1ccc(NC(=O)C2CNCCO2)cc1C(N)=O.Cl. The molecule has 1 aromatic carbocycles. The molecule has 1 fully saturated rings. The monoisotopic (exact) mass is 299 g/mol. The minimum atomic E-state index is -0.510. The second-order valence-electron chi connectivity index (χ2n) is 4.45. The van der Waals surface area contributed by atoms with Crippen LogP contribution in [0.5, 0.6) is 0 Å². The molecule has 0 aromatic heterocycles. The molecule has 1 aliphatic heterocycles. The van der Waals surface area contributed by atoms with Crippen LogP contribution in [0.25, 0.3) is 0 Å². The van der Waals surface area contributed by atoms with Gasteiger partial charge in [0.15, 0.2) is 0 Å². The molecule has 1 atom stereocenters. The number of carbonyl (C=O) groups excluding carboxylic acids is 2. The van der Waals surface area contributed by atoms with Crippen molar-refractivity contribution in [2.75, 3.05) is 25.0 Å². The molecule has 0 bridgehead atoms. The van der Waals surface area contributed by atoms with E-state index in [1.54, 1.807) is 25.1 Å². The zero-order valence-electron chi connectivity index (χ0n) is 11.1. The maximum Gasteiger partial charge on any atom is 0.254 e. The average Bonchev–Trinajstić information content (AvgIpc) is 2.41. The van der Waals surface area contributed by atoms with E-state index in [1.807, 2.05) is 0 Å². The molecule has 110 valence electrons. The topological polar surface area (TPSA) is 93.4 Å². The predicted octanol–water partition coefficient (Wildman–Crippen LogP) is 0.443. The minimum Gasteiger partial charge on any atom is -0.366 e. The Bertz CT molecular complexity index is 502. The summed E-state index contributed by atoms with van der Waals surface area (Å²) in [6.07, 6.45) is -0.507. The van der Waals surface area contributed by atoms with Crippen LogP contribution in [0.4, 0.5) is 5.69 Å². The van der Waals surface area contributed by atoms with Gasteiger partial charge in [-0.3, -0.25) is 9.59 Å². The van der Waals surface area contributed by atoms with E-state index in [0.29, 0.717) is 24.4 Å². The van der Waals surface area contributed by atoms with Crippen molar-refractivity contribution in [3.05, 3.63) is 29.3 Å². The minimum absolute atomic E-state index is 0. The first-order chi connectivity index (χ1) is 9.08. The quantitative estimate of drug-likeness (QED) is 0.755. The Labute approximate surface area is 123 Å². The third kappa shape index (κ3) is 3.93. The van der Waals surface area contributed by atoms with Gasteiger partial charge in [0.2, 0.25) is 5.91 Å². The lowest BCUT2D eigenvalue weighted by Crippen LogP contribution is -2.45. The zero-order chi connectivity index (χ0) is 13.8. The number of anilines is 1. The number of aryl methyl sites for hydroxylation is 1. The maximum absolute atomic E-state index is 11.9. The fourth-order valence-corrected chi connectivity index (χ4v) is 1.92. The van der Waals surface area contributed by atoms with Crippen LogP contribution in [0, 0.1) is 6.92 Å². The first-order valence-electron chi connectivity index (χ1n) is 6.11. The van der Waals surface area contributed by atoms with E-state index in [-0.39, 0.29) is 18.3 Å². The summed E-state index contributed by atoms with van der Waals surface area (Å²) in [4.78, 5) is 23.2. The highest BCUT2D eigenvalue weighted by atomic mass is 35.5. The van der Waals surface area contributed by atoms with Crippen molar-refractivity contribution in [3.63, 3.8) is 0 Å². The lowest BCUT2D eigenvalue weighted by molar-refractivity contribution is -0.128. The number of rotatable bonds is 3. The smallest absolute Gasteiger partial charge is 0.254 e. The number of nitrogens with one attached hydrogen (secondary N) is 2. The summed E-state index contributed by atoms with van der Waals surface area (Å²) in [5.74, 6) is -0.740. The van der Waals surface area contributed by atoms with Gasteiger partial charge in [0, 0.05) is 24.3 Å². The normalized spacial score (nSPS) is 17.9. The van der Waals surface area contributed by atoms with Gasteiger partial charge in [0.25, 0.3) is 5.91 Å². The van der Waals surface area contributed by atoms with E-state index in [2.05, 4.69) is 10.6 Å². The van der Waals surface area contributed by atoms with Crippen molar-refractivity contribution < 1.29 is 14.3 Å². The van der Waals surface area contributed by atoms with Crippen LogP contribution < -0.4 is 16.4 Å². The number of amides is 2. The average molecular weight is 300 g/mol. The molecule has 2 amide bonds. The van der Waals surface area contributed by atoms with E-state index in [9.17, 15) is 9.59 Å². The molecule has 1 aromatic rings. The van der Waals surface area contributed by atoms with Crippen molar-refractivity contribution in [2.45, 2.75) is 13.0 Å². The zero-order valence-corrected chi connectivity index (χ0v) is 12.0. The predicted molar refractivity (Wildman–Crippen MR) is 78.2 cm³/mol. The van der Waals surface area contributed by atoms with Crippen molar-refractivity contribution in [1.82, 2.24) is 5.32 Å². The summed E-state index contributed by atoms with van der Waals surface area (Å²) in [5.41, 5.74) is 6.99. The number of primary amides is 1. The van der Waals surface area contributed by atoms with Gasteiger partial charge in [-0.15, -0.1) is 12.4 Å². The highest BCUT2D eigenvalue weighted by molar-refractivity contribution is 5.98. The van der Waals surface area contributed by atoms with Crippen LogP contribution in [0.2, 0.25) is 0 Å². The fraction of sp³-hybridized carbons (Fsp3) is 0.385. The van der Waals surface area contributed by atoms with Crippen molar-refractivity contribution in [2.24, 2.45) is 5.73 Å². The van der Waals surface area contributed by atoms with E-state index in [1.165, 1.54) is 0 Å². The summed E-state index contributed by atoms with van der Waals surface area (Å²) >= 11 is 0. The molecule has 1 saturated heterocycles. The molecule has 1 heterocycles. The number of nitrogens with two attached hydrogens (primary N) is 1. The molecule has 6 nitrogen and oxygen atoms in total. The standard InChI is InChI=1S/C13H17N3O3.ClH/c1-8-2-3-9(6-10(8)12(14)17)16-13(18)11-7-15-4-5-19-11;/h2-3,6,11,15H,4-5,7H2,1H3,(H2,14,17)(H,16,18);1H. The molecule has 20 heavy (non-hydrogen) atoms. The number of hydrogen-bond acceptors (Lipinski definition) is 4. The number of carbonyl (C=O) groups is 2. The fourth-order valence-electron chi connectivity index (χ4n) is 1.92. The summed E-state index contributed by atoms with van der Waals surface area (Å²) in [6, 6.07) is 5.05. The van der Waals surface area contributed by atoms with Crippen molar-refractivity contribution in [3.8, 4) is 0 Å². The van der Waals surface area contributed by atoms with Crippen LogP contribution in [0.3, 0.4) is 0 Å². The number of ether oxygens (including phenoxy) is 1. The first kappa shape index (κ1) is 16.4. The molecule has 1 unspecified atom stereocenters. The summed E-state index contributed by atoms with van der Waals surface area (Å²) in [5, 5.41) is 5.80. The van der Waals surface area contributed by atoms with Gasteiger partial charge in [-0.2, -0.15) is 0 Å². The van der Waals surface area contributed by atoms with E-state index in [0.717, 1.165) is 12.1 Å². The van der Waals surface area contributed by atoms with Crippen molar-refractivity contribution >= 4 is 29.9 Å². The number of halogens is 1. The maximum atomic E-state index is 11.9. The third-order valence-electron chi connectivity index (χ3n) is 2.99. The van der Waals surface area contributed by atoms with Gasteiger partial charge in [-0.05, 0) is 24.6 Å². The number of hydrogen-bond donors (Lipinski definition) is 3. The van der Waals surface area contributed by atoms with Gasteiger partial charge < -0.3 is 21.1 Å². The van der Waals surface area contributed by atoms with Gasteiger partial charge in [0.05, 0.1) is 6.61 Å². The molecule has 0 radical (unpaired) electrons. The van der Waals surface area contributed by atoms with Crippen molar-refractivity contribution in [1.29, 1.82) is 0 Å². The van der Waals surface area contributed by atoms with Gasteiger partial charge in [-0.1, -0.05) is 6.07 Å². The molecule has 1 aliphatic rings. The molecule has 0 aliphatic carbocycles. The molecule has 0 saturated carbocycles. The third-order valence-corrected chi connectivity index (χ3v) is 2.99. The number of morpholine rings is 1. The Kier molecular flexibility index (Phi) is 5.94. The Balaban J connectivity index is 0.00000200. The molecular formula is C13H18ClN3O3. The molecular weight excluding hydrogens is 282 g/mol. The Morgan fingerprint density at radius 3 is 2.80 bits per heavy atom. The second-order valence-corrected chi connectivity index (χ2v) is 4.45. The van der Waals surface area contributed by atoms with Crippen LogP contribution in [-0.2, 0) is 9.53 Å². The second kappa shape index (κ2) is 7.23. The highest BCUT2D eigenvalue weighted by Crippen LogP contribution is 2.15. The first-order valence-corrected chi connectivity index (χ1v) is 6.11. The van der Waals surface area contributed by atoms with Gasteiger partial charge >= 0.3 is 0 Å². The van der Waals surface area contributed by atoms with Crippen LogP contribution in [0.15, 0.2) is 18.2 Å². The van der Waals surface area contributed by atoms with Crippen LogP contribution in [-0.4, -0.2) is 37.6 Å². The summed E-state index contributed by atoms with van der Waals surface area (Å²) < 4.78 is 5.35. The molecule has 7 heteroatoms. The lowest BCUT2D eigenvalue weighted by atomic mass is 10.1. The van der Waals surface area contributed by atoms with Crippen LogP contribution in [0.1, 0.15) is 15.9 Å². The largest absolute Gasteiger partial charge is 0.366 e. The van der Waals surface area contributed by atoms with E-state index >= 15 is 0 Å². The number of benzene rings is 1.